The Labute approximate surface area is 80.3 Å². The first-order valence-electron chi connectivity index (χ1n) is 4.24. The van der Waals surface area contributed by atoms with E-state index in [0.29, 0.717) is 12.4 Å². The Balaban J connectivity index is 2.61. The Morgan fingerprint density at radius 3 is 2.86 bits per heavy atom. The summed E-state index contributed by atoms with van der Waals surface area (Å²) >= 11 is 0. The summed E-state index contributed by atoms with van der Waals surface area (Å²) in [6, 6.07) is -0.356. The van der Waals surface area contributed by atoms with Crippen LogP contribution in [0.25, 0.3) is 0 Å². The van der Waals surface area contributed by atoms with E-state index in [9.17, 15) is 9.59 Å². The molecule has 6 heteroatoms. The number of carbonyl (C=O) groups excluding carboxylic acids is 2. The van der Waals surface area contributed by atoms with Gasteiger partial charge in [-0.1, -0.05) is 4.99 Å². The smallest absolute Gasteiger partial charge is 0.248 e. The van der Waals surface area contributed by atoms with Gasteiger partial charge in [-0.25, -0.2) is 14.6 Å². The zero-order valence-electron chi connectivity index (χ0n) is 7.89. The van der Waals surface area contributed by atoms with Crippen LogP contribution in [0.15, 0.2) is 9.98 Å². The Morgan fingerprint density at radius 2 is 2.21 bits per heavy atom. The van der Waals surface area contributed by atoms with Gasteiger partial charge in [0.25, 0.3) is 0 Å². The van der Waals surface area contributed by atoms with Crippen molar-refractivity contribution in [1.82, 2.24) is 4.90 Å². The van der Waals surface area contributed by atoms with Crippen molar-refractivity contribution in [2.45, 2.75) is 6.92 Å². The lowest BCUT2D eigenvalue weighted by Crippen LogP contribution is -2.52. The van der Waals surface area contributed by atoms with E-state index in [1.807, 2.05) is 6.92 Å². The summed E-state index contributed by atoms with van der Waals surface area (Å²) in [4.78, 5) is 31.9. The minimum absolute atomic E-state index is 0.244. The zero-order valence-corrected chi connectivity index (χ0v) is 7.89. The molecule has 2 heterocycles. The number of rotatable bonds is 1. The number of hydrogen-bond acceptors (Lipinski definition) is 4. The van der Waals surface area contributed by atoms with Crippen LogP contribution in [0.1, 0.15) is 6.92 Å². The van der Waals surface area contributed by atoms with Gasteiger partial charge in [0.15, 0.2) is 6.34 Å². The van der Waals surface area contributed by atoms with Gasteiger partial charge in [0.05, 0.1) is 13.6 Å². The monoisotopic (exact) mass is 193 g/mol. The summed E-state index contributed by atoms with van der Waals surface area (Å²) in [6.07, 6.45) is 1.29. The molecule has 2 rings (SSSR count). The van der Waals surface area contributed by atoms with Gasteiger partial charge in [-0.15, -0.1) is 0 Å². The molecule has 0 aromatic heterocycles. The van der Waals surface area contributed by atoms with Crippen LogP contribution in [0.2, 0.25) is 0 Å². The molecule has 2 aliphatic heterocycles. The molecule has 14 heavy (non-hydrogen) atoms. The van der Waals surface area contributed by atoms with Crippen LogP contribution in [0.4, 0.5) is 4.79 Å². The molecular weight excluding hydrogens is 184 g/mol. The number of amidine groups is 1. The topological polar surface area (TPSA) is 65.1 Å². The molecule has 6 nitrogen and oxygen atoms in total. The van der Waals surface area contributed by atoms with E-state index < -0.39 is 5.91 Å². The first kappa shape index (κ1) is 8.74. The number of carbonyl (C=O) groups is 2. The van der Waals surface area contributed by atoms with Gasteiger partial charge < -0.3 is 0 Å². The Hall–Kier alpha value is -1.85. The number of imide groups is 1. The second-order valence-electron chi connectivity index (χ2n) is 2.94. The minimum atomic E-state index is -0.396. The van der Waals surface area contributed by atoms with Crippen LogP contribution in [0.3, 0.4) is 0 Å². The predicted molar refractivity (Wildman–Crippen MR) is 49.9 cm³/mol. The molecule has 0 saturated carbocycles. The van der Waals surface area contributed by atoms with Gasteiger partial charge in [0.1, 0.15) is 0 Å². The van der Waals surface area contributed by atoms with E-state index in [-0.39, 0.29) is 11.7 Å². The average Bonchev–Trinajstić information content (AvgIpc) is 2.64. The number of nitrogens with zero attached hydrogens (tertiary/aromatic N) is 4. The fraction of sp³-hybridized carbons (Fsp3) is 0.375. The van der Waals surface area contributed by atoms with E-state index in [1.165, 1.54) is 18.0 Å². The number of fused-ring (bicyclic) bond motifs is 1. The van der Waals surface area contributed by atoms with Crippen molar-refractivity contribution in [3.8, 4) is 0 Å². The highest BCUT2D eigenvalue weighted by Crippen LogP contribution is 2.07. The summed E-state index contributed by atoms with van der Waals surface area (Å²) in [5.41, 5.74) is 0.244. The normalized spacial score (nSPS) is 20.4. The third kappa shape index (κ3) is 0.935. The highest BCUT2D eigenvalue weighted by molar-refractivity contribution is 6.69. The van der Waals surface area contributed by atoms with Crippen molar-refractivity contribution in [2.75, 3.05) is 13.6 Å². The molecule has 0 N–H and O–H groups in total. The molecular formula is C8H9N4O2+. The van der Waals surface area contributed by atoms with Crippen LogP contribution in [-0.2, 0) is 4.79 Å². The van der Waals surface area contributed by atoms with E-state index in [2.05, 4.69) is 9.98 Å². The molecule has 0 aromatic carbocycles. The fourth-order valence-corrected chi connectivity index (χ4v) is 1.41. The highest BCUT2D eigenvalue weighted by atomic mass is 16.2. The van der Waals surface area contributed by atoms with Gasteiger partial charge in [-0.3, -0.25) is 0 Å². The van der Waals surface area contributed by atoms with E-state index in [0.717, 1.165) is 4.90 Å². The van der Waals surface area contributed by atoms with Gasteiger partial charge >= 0.3 is 17.8 Å². The summed E-state index contributed by atoms with van der Waals surface area (Å²) in [5.74, 6) is -0.0344. The lowest BCUT2D eigenvalue weighted by atomic mass is 10.2. The van der Waals surface area contributed by atoms with Crippen molar-refractivity contribution in [3.63, 3.8) is 0 Å². The SMILES string of the molecule is CC[N+]1=C2N=CN=C2C(=O)N(C)C1=O. The van der Waals surface area contributed by atoms with E-state index >= 15 is 0 Å². The molecule has 0 atom stereocenters. The molecule has 72 valence electrons. The molecule has 0 bridgehead atoms. The highest BCUT2D eigenvalue weighted by Gasteiger charge is 2.43. The van der Waals surface area contributed by atoms with Crippen molar-refractivity contribution in [3.05, 3.63) is 0 Å². The molecule has 0 fully saturated rings. The van der Waals surface area contributed by atoms with Crippen LogP contribution in [0.5, 0.6) is 0 Å². The van der Waals surface area contributed by atoms with Crippen LogP contribution in [0, 0.1) is 0 Å². The van der Waals surface area contributed by atoms with Gasteiger partial charge in [-0.05, 0) is 6.92 Å². The van der Waals surface area contributed by atoms with Crippen molar-refractivity contribution in [1.29, 1.82) is 0 Å². The maximum absolute atomic E-state index is 11.6. The standard InChI is InChI=1S/C8H9N4O2/c1-3-12-6-5(9-4-10-6)7(13)11(2)8(12)14/h4H,3H2,1-2H3/q+1. The summed E-state index contributed by atoms with van der Waals surface area (Å²) in [7, 11) is 1.44. The average molecular weight is 193 g/mol. The van der Waals surface area contributed by atoms with Crippen LogP contribution >= 0.6 is 0 Å². The Morgan fingerprint density at radius 1 is 1.50 bits per heavy atom. The summed E-state index contributed by atoms with van der Waals surface area (Å²) in [6.45, 7) is 2.29. The minimum Gasteiger partial charge on any atom is -0.248 e. The number of aliphatic imine (C=N–C) groups is 2. The van der Waals surface area contributed by atoms with Crippen molar-refractivity contribution >= 4 is 29.8 Å². The van der Waals surface area contributed by atoms with E-state index in [4.69, 9.17) is 0 Å². The first-order chi connectivity index (χ1) is 6.66. The predicted octanol–water partition coefficient (Wildman–Crippen LogP) is -0.508. The largest absolute Gasteiger partial charge is 0.446 e. The fourth-order valence-electron chi connectivity index (χ4n) is 1.41. The third-order valence-electron chi connectivity index (χ3n) is 2.18. The first-order valence-corrected chi connectivity index (χ1v) is 4.24. The Bertz CT molecular complexity index is 419. The molecule has 2 aliphatic rings. The molecule has 0 spiro atoms. The quantitative estimate of drug-likeness (QED) is 0.526. The molecule has 0 unspecified atom stereocenters. The summed E-state index contributed by atoms with van der Waals surface area (Å²) in [5, 5.41) is 0. The van der Waals surface area contributed by atoms with E-state index in [1.54, 1.807) is 0 Å². The maximum Gasteiger partial charge on any atom is 0.446 e. The van der Waals surface area contributed by atoms with Crippen molar-refractivity contribution in [2.24, 2.45) is 9.98 Å². The molecule has 0 aliphatic carbocycles. The molecule has 0 saturated heterocycles. The number of amides is 3. The molecule has 0 aromatic rings. The second-order valence-corrected chi connectivity index (χ2v) is 2.94. The second kappa shape index (κ2) is 2.83. The van der Waals surface area contributed by atoms with Gasteiger partial charge in [0.2, 0.25) is 5.71 Å². The van der Waals surface area contributed by atoms with Crippen LogP contribution < -0.4 is 0 Å². The third-order valence-corrected chi connectivity index (χ3v) is 2.18. The van der Waals surface area contributed by atoms with Gasteiger partial charge in [-0.2, -0.15) is 9.48 Å². The number of hydrogen-bond donors (Lipinski definition) is 0. The molecule has 3 amide bonds. The van der Waals surface area contributed by atoms with Crippen molar-refractivity contribution < 1.29 is 14.2 Å². The maximum atomic E-state index is 11.6. The zero-order chi connectivity index (χ0) is 10.3. The summed E-state index contributed by atoms with van der Waals surface area (Å²) < 4.78 is 1.42. The van der Waals surface area contributed by atoms with Crippen LogP contribution in [-0.4, -0.2) is 52.9 Å². The van der Waals surface area contributed by atoms with Gasteiger partial charge in [0, 0.05) is 0 Å². The number of urea groups is 1. The Kier molecular flexibility index (Phi) is 1.77. The lowest BCUT2D eigenvalue weighted by Gasteiger charge is -2.17. The molecule has 0 radical (unpaired) electrons. The lowest BCUT2D eigenvalue weighted by molar-refractivity contribution is -0.430.